The first kappa shape index (κ1) is 22.9. The minimum atomic E-state index is -0.381. The summed E-state index contributed by atoms with van der Waals surface area (Å²) in [5, 5.41) is 6.29. The van der Waals surface area contributed by atoms with Crippen molar-refractivity contribution >= 4 is 46.2 Å². The van der Waals surface area contributed by atoms with Crippen molar-refractivity contribution in [3.63, 3.8) is 0 Å². The number of pyridine rings is 2. The van der Waals surface area contributed by atoms with E-state index in [0.29, 0.717) is 37.0 Å². The average Bonchev–Trinajstić information content (AvgIpc) is 3.49. The molecule has 1 saturated heterocycles. The van der Waals surface area contributed by atoms with Crippen LogP contribution in [0, 0.1) is 0 Å². The summed E-state index contributed by atoms with van der Waals surface area (Å²) in [4.78, 5) is 35.9. The molecule has 5 heterocycles. The van der Waals surface area contributed by atoms with Gasteiger partial charge in [-0.25, -0.2) is 9.78 Å². The zero-order valence-corrected chi connectivity index (χ0v) is 20.5. The summed E-state index contributed by atoms with van der Waals surface area (Å²) in [5.41, 5.74) is 4.15. The summed E-state index contributed by atoms with van der Waals surface area (Å²) in [6, 6.07) is 9.36. The van der Waals surface area contributed by atoms with Crippen LogP contribution in [0.1, 0.15) is 17.9 Å². The summed E-state index contributed by atoms with van der Waals surface area (Å²) in [7, 11) is 1.60. The Labute approximate surface area is 211 Å². The molecule has 6 rings (SSSR count). The van der Waals surface area contributed by atoms with Gasteiger partial charge in [0.2, 0.25) is 11.8 Å². The first-order valence-electron chi connectivity index (χ1n) is 11.8. The predicted octanol–water partition coefficient (Wildman–Crippen LogP) is 3.16. The summed E-state index contributed by atoms with van der Waals surface area (Å²) in [6.45, 7) is 2.30. The smallest absolute Gasteiger partial charge is 0.414 e. The average molecular weight is 508 g/mol. The maximum absolute atomic E-state index is 12.5. The zero-order chi connectivity index (χ0) is 24.6. The molecule has 36 heavy (non-hydrogen) atoms. The number of nitrogens with one attached hydrogen (secondary N) is 2. The predicted molar refractivity (Wildman–Crippen MR) is 135 cm³/mol. The molecule has 10 nitrogen and oxygen atoms in total. The van der Waals surface area contributed by atoms with Crippen molar-refractivity contribution in [2.24, 2.45) is 0 Å². The summed E-state index contributed by atoms with van der Waals surface area (Å²) >= 11 is 1.49. The van der Waals surface area contributed by atoms with Crippen molar-refractivity contribution in [3.8, 4) is 11.6 Å². The topological polar surface area (TPSA) is 115 Å². The van der Waals surface area contributed by atoms with Crippen LogP contribution in [-0.2, 0) is 9.53 Å². The highest BCUT2D eigenvalue weighted by molar-refractivity contribution is 8.00. The van der Waals surface area contributed by atoms with Crippen molar-refractivity contribution in [3.05, 3.63) is 42.1 Å². The van der Waals surface area contributed by atoms with Crippen LogP contribution in [0.15, 0.2) is 41.4 Å². The molecule has 0 aliphatic carbocycles. The molecule has 2 aromatic heterocycles. The van der Waals surface area contributed by atoms with Crippen molar-refractivity contribution < 1.29 is 23.8 Å². The third-order valence-corrected chi connectivity index (χ3v) is 7.64. The fourth-order valence-electron chi connectivity index (χ4n) is 4.79. The molecule has 0 radical (unpaired) electrons. The Hall–Kier alpha value is -3.57. The van der Waals surface area contributed by atoms with E-state index >= 15 is 0 Å². The van der Waals surface area contributed by atoms with Crippen LogP contribution in [0.5, 0.6) is 11.6 Å². The Morgan fingerprint density at radius 2 is 2.19 bits per heavy atom. The fraction of sp³-hybridized carbons (Fsp3) is 0.360. The number of benzene rings is 1. The Balaban J connectivity index is 1.05. The van der Waals surface area contributed by atoms with E-state index < -0.39 is 0 Å². The third-order valence-electron chi connectivity index (χ3n) is 6.57. The van der Waals surface area contributed by atoms with Crippen LogP contribution in [0.3, 0.4) is 0 Å². The van der Waals surface area contributed by atoms with Gasteiger partial charge in [-0.15, -0.1) is 11.8 Å². The Morgan fingerprint density at radius 3 is 3.08 bits per heavy atom. The molecule has 0 unspecified atom stereocenters. The fourth-order valence-corrected chi connectivity index (χ4v) is 5.58. The quantitative estimate of drug-likeness (QED) is 0.465. The molecule has 0 spiro atoms. The second-order valence-electron chi connectivity index (χ2n) is 8.89. The van der Waals surface area contributed by atoms with Crippen LogP contribution < -0.4 is 25.0 Å². The standard InChI is InChI=1S/C25H25N5O5S/c1-33-22-5-3-17-24(29-22)23-14(12-34-19(23)10-27-17)6-7-26-9-16-11-30(25(32)35-16)15-2-4-20-18(8-15)28-21(31)13-36-20/h2-5,8,10,14,16,26H,6-7,9,11-13H2,1H3,(H,28,31)/t14-,16+/m0/s1. The Morgan fingerprint density at radius 1 is 1.28 bits per heavy atom. The van der Waals surface area contributed by atoms with Crippen LogP contribution in [0.25, 0.3) is 11.0 Å². The molecular weight excluding hydrogens is 482 g/mol. The van der Waals surface area contributed by atoms with Crippen molar-refractivity contribution in [2.45, 2.75) is 23.3 Å². The lowest BCUT2D eigenvalue weighted by atomic mass is 9.97. The largest absolute Gasteiger partial charge is 0.491 e. The van der Waals surface area contributed by atoms with E-state index in [0.717, 1.165) is 45.9 Å². The Kier molecular flexibility index (Phi) is 6.02. The van der Waals surface area contributed by atoms with Gasteiger partial charge in [-0.05, 0) is 37.2 Å². The number of thioether (sulfide) groups is 1. The van der Waals surface area contributed by atoms with Crippen molar-refractivity contribution in [1.82, 2.24) is 15.3 Å². The SMILES string of the molecule is COc1ccc2ncc3c(c2n1)[C@@H](CCNC[C@@H]1CN(c2ccc4c(c2)NC(=O)CS4)C(=O)O1)CO3. The van der Waals surface area contributed by atoms with Crippen LogP contribution in [0.2, 0.25) is 0 Å². The van der Waals surface area contributed by atoms with Gasteiger partial charge < -0.3 is 24.8 Å². The van der Waals surface area contributed by atoms with E-state index in [2.05, 4.69) is 20.6 Å². The van der Waals surface area contributed by atoms with Gasteiger partial charge >= 0.3 is 6.09 Å². The number of carbonyl (C=O) groups excluding carboxylic acids is 2. The summed E-state index contributed by atoms with van der Waals surface area (Å²) in [5.74, 6) is 1.87. The van der Waals surface area contributed by atoms with Gasteiger partial charge in [0.1, 0.15) is 17.4 Å². The van der Waals surface area contributed by atoms with Crippen LogP contribution in [0.4, 0.5) is 16.2 Å². The summed E-state index contributed by atoms with van der Waals surface area (Å²) in [6.07, 6.45) is 1.96. The second kappa shape index (κ2) is 9.47. The number of cyclic esters (lactones) is 1. The molecule has 0 saturated carbocycles. The first-order valence-corrected chi connectivity index (χ1v) is 12.8. The number of methoxy groups -OCH3 is 1. The van der Waals surface area contributed by atoms with Crippen LogP contribution in [-0.4, -0.2) is 67.2 Å². The minimum absolute atomic E-state index is 0.0369. The number of carbonyl (C=O) groups is 2. The van der Waals surface area contributed by atoms with Gasteiger partial charge in [-0.3, -0.25) is 14.7 Å². The highest BCUT2D eigenvalue weighted by Crippen LogP contribution is 2.40. The van der Waals surface area contributed by atoms with Crippen molar-refractivity contribution in [1.29, 1.82) is 0 Å². The molecule has 2 atom stereocenters. The molecule has 3 aromatic rings. The lowest BCUT2D eigenvalue weighted by molar-refractivity contribution is -0.113. The molecule has 0 bridgehead atoms. The number of nitrogens with zero attached hydrogens (tertiary/aromatic N) is 3. The number of amides is 2. The molecule has 3 aliphatic rings. The molecule has 2 N–H and O–H groups in total. The highest BCUT2D eigenvalue weighted by atomic mass is 32.2. The maximum atomic E-state index is 12.5. The third kappa shape index (κ3) is 4.28. The van der Waals surface area contributed by atoms with Gasteiger partial charge in [0, 0.05) is 34.7 Å². The number of anilines is 2. The van der Waals surface area contributed by atoms with E-state index in [1.54, 1.807) is 24.3 Å². The second-order valence-corrected chi connectivity index (χ2v) is 9.91. The van der Waals surface area contributed by atoms with Crippen LogP contribution >= 0.6 is 11.8 Å². The van der Waals surface area contributed by atoms with E-state index in [1.165, 1.54) is 11.8 Å². The molecule has 1 fully saturated rings. The number of aromatic nitrogens is 2. The first-order chi connectivity index (χ1) is 17.6. The molecular formula is C25H25N5O5S. The number of fused-ring (bicyclic) bond motifs is 4. The van der Waals surface area contributed by atoms with Gasteiger partial charge in [0.25, 0.3) is 0 Å². The lowest BCUT2D eigenvalue weighted by Crippen LogP contribution is -2.32. The minimum Gasteiger partial charge on any atom is -0.491 e. The van der Waals surface area contributed by atoms with Gasteiger partial charge in [0.05, 0.1) is 43.4 Å². The normalized spacial score (nSPS) is 20.5. The maximum Gasteiger partial charge on any atom is 0.414 e. The van der Waals surface area contributed by atoms with E-state index in [4.69, 9.17) is 14.2 Å². The Bertz CT molecular complexity index is 1350. The summed E-state index contributed by atoms with van der Waals surface area (Å²) < 4.78 is 16.7. The monoisotopic (exact) mass is 507 g/mol. The highest BCUT2D eigenvalue weighted by Gasteiger charge is 2.33. The van der Waals surface area contributed by atoms with Gasteiger partial charge in [0.15, 0.2) is 0 Å². The number of ether oxygens (including phenoxy) is 3. The lowest BCUT2D eigenvalue weighted by Gasteiger charge is -2.20. The van der Waals surface area contributed by atoms with Gasteiger partial charge in [-0.2, -0.15) is 0 Å². The molecule has 11 heteroatoms. The molecule has 1 aromatic carbocycles. The van der Waals surface area contributed by atoms with Gasteiger partial charge in [-0.1, -0.05) is 0 Å². The molecule has 186 valence electrons. The number of hydrogen-bond donors (Lipinski definition) is 2. The molecule has 2 amide bonds. The number of rotatable bonds is 7. The van der Waals surface area contributed by atoms with E-state index in [1.807, 2.05) is 24.3 Å². The number of hydrogen-bond acceptors (Lipinski definition) is 9. The van der Waals surface area contributed by atoms with E-state index in [-0.39, 0.29) is 24.0 Å². The molecule has 3 aliphatic heterocycles. The zero-order valence-electron chi connectivity index (χ0n) is 19.7. The van der Waals surface area contributed by atoms with Crippen molar-refractivity contribution in [2.75, 3.05) is 49.3 Å². The van der Waals surface area contributed by atoms with E-state index in [9.17, 15) is 9.59 Å².